The molecule has 1 heterocycles. The molecule has 1 aromatic heterocycles. The van der Waals surface area contributed by atoms with Crippen molar-refractivity contribution in [3.05, 3.63) is 22.8 Å². The highest BCUT2D eigenvalue weighted by Crippen LogP contribution is 2.15. The van der Waals surface area contributed by atoms with E-state index < -0.39 is 0 Å². The molecule has 0 aliphatic heterocycles. The number of aromatic nitrogens is 1. The van der Waals surface area contributed by atoms with Crippen molar-refractivity contribution in [2.24, 2.45) is 0 Å². The molecule has 88 valence electrons. The summed E-state index contributed by atoms with van der Waals surface area (Å²) in [5.41, 5.74) is 5.68. The quantitative estimate of drug-likeness (QED) is 0.865. The lowest BCUT2D eigenvalue weighted by Crippen LogP contribution is -2.35. The molecule has 1 aromatic rings. The Labute approximate surface area is 104 Å². The first-order valence-electron chi connectivity index (χ1n) is 4.76. The van der Waals surface area contributed by atoms with E-state index >= 15 is 0 Å². The maximum absolute atomic E-state index is 11.8. The van der Waals surface area contributed by atoms with E-state index in [1.165, 1.54) is 0 Å². The van der Waals surface area contributed by atoms with Gasteiger partial charge in [0.1, 0.15) is 11.5 Å². The molecule has 0 aliphatic rings. The maximum Gasteiger partial charge on any atom is 0.271 e. The molecule has 1 atom stereocenters. The zero-order valence-electron chi connectivity index (χ0n) is 9.16. The summed E-state index contributed by atoms with van der Waals surface area (Å²) in [6.07, 6.45) is 1.98. The highest BCUT2D eigenvalue weighted by Gasteiger charge is 2.14. The van der Waals surface area contributed by atoms with E-state index in [1.807, 2.05) is 13.2 Å². The van der Waals surface area contributed by atoms with Gasteiger partial charge in [-0.2, -0.15) is 11.8 Å². The minimum atomic E-state index is -0.293. The van der Waals surface area contributed by atoms with Gasteiger partial charge in [0.15, 0.2) is 0 Å². The third kappa shape index (κ3) is 3.57. The van der Waals surface area contributed by atoms with E-state index in [9.17, 15) is 4.79 Å². The van der Waals surface area contributed by atoms with E-state index in [0.29, 0.717) is 5.02 Å². The first-order valence-corrected chi connectivity index (χ1v) is 6.53. The summed E-state index contributed by atoms with van der Waals surface area (Å²) >= 11 is 7.53. The van der Waals surface area contributed by atoms with E-state index in [2.05, 4.69) is 10.3 Å². The SMILES string of the molecule is CSCC(C)NC(=O)c1nc(N)ccc1Cl. The van der Waals surface area contributed by atoms with Gasteiger partial charge >= 0.3 is 0 Å². The number of halogens is 1. The zero-order valence-corrected chi connectivity index (χ0v) is 10.7. The van der Waals surface area contributed by atoms with Crippen molar-refractivity contribution in [1.29, 1.82) is 0 Å². The fourth-order valence-electron chi connectivity index (χ4n) is 1.20. The van der Waals surface area contributed by atoms with Crippen molar-refractivity contribution >= 4 is 35.1 Å². The van der Waals surface area contributed by atoms with Crippen molar-refractivity contribution in [1.82, 2.24) is 10.3 Å². The molecule has 0 aromatic carbocycles. The number of carbonyl (C=O) groups is 1. The molecule has 0 saturated carbocycles. The molecule has 1 amide bonds. The number of amides is 1. The second-order valence-electron chi connectivity index (χ2n) is 3.40. The van der Waals surface area contributed by atoms with Gasteiger partial charge in [0.2, 0.25) is 0 Å². The second-order valence-corrected chi connectivity index (χ2v) is 4.71. The second kappa shape index (κ2) is 5.96. The number of thioether (sulfide) groups is 1. The molecule has 0 spiro atoms. The molecule has 1 unspecified atom stereocenters. The number of hydrogen-bond acceptors (Lipinski definition) is 4. The zero-order chi connectivity index (χ0) is 12.1. The van der Waals surface area contributed by atoms with Crippen LogP contribution in [-0.4, -0.2) is 28.9 Å². The third-order valence-corrected chi connectivity index (χ3v) is 3.02. The highest BCUT2D eigenvalue weighted by molar-refractivity contribution is 7.98. The van der Waals surface area contributed by atoms with Crippen LogP contribution in [0.3, 0.4) is 0 Å². The van der Waals surface area contributed by atoms with Gasteiger partial charge in [-0.05, 0) is 25.3 Å². The van der Waals surface area contributed by atoms with Crippen molar-refractivity contribution in [3.8, 4) is 0 Å². The van der Waals surface area contributed by atoms with Crippen molar-refractivity contribution in [2.45, 2.75) is 13.0 Å². The van der Waals surface area contributed by atoms with Gasteiger partial charge in [-0.1, -0.05) is 11.6 Å². The Hall–Kier alpha value is -0.940. The number of anilines is 1. The fraction of sp³-hybridized carbons (Fsp3) is 0.400. The van der Waals surface area contributed by atoms with Crippen LogP contribution >= 0.6 is 23.4 Å². The molecule has 0 radical (unpaired) electrons. The normalized spacial score (nSPS) is 12.2. The van der Waals surface area contributed by atoms with E-state index in [1.54, 1.807) is 23.9 Å². The van der Waals surface area contributed by atoms with Crippen LogP contribution < -0.4 is 11.1 Å². The number of nitrogens with zero attached hydrogens (tertiary/aromatic N) is 1. The molecule has 0 saturated heterocycles. The summed E-state index contributed by atoms with van der Waals surface area (Å²) in [5, 5.41) is 3.11. The van der Waals surface area contributed by atoms with Gasteiger partial charge in [0.05, 0.1) is 5.02 Å². The Balaban J connectivity index is 2.76. The number of nitrogens with one attached hydrogen (secondary N) is 1. The fourth-order valence-corrected chi connectivity index (χ4v) is 1.97. The number of rotatable bonds is 4. The number of pyridine rings is 1. The standard InChI is InChI=1S/C10H14ClN3OS/c1-6(5-16-2)13-10(15)9-7(11)3-4-8(12)14-9/h3-4,6H,5H2,1-2H3,(H2,12,14)(H,13,15). The van der Waals surface area contributed by atoms with Gasteiger partial charge in [-0.15, -0.1) is 0 Å². The molecule has 16 heavy (non-hydrogen) atoms. The number of nitrogen functional groups attached to an aromatic ring is 1. The van der Waals surface area contributed by atoms with Crippen LogP contribution in [0.4, 0.5) is 5.82 Å². The number of hydrogen-bond donors (Lipinski definition) is 2. The van der Waals surface area contributed by atoms with Gasteiger partial charge in [0, 0.05) is 11.8 Å². The molecular formula is C10H14ClN3OS. The number of nitrogens with two attached hydrogens (primary N) is 1. The van der Waals surface area contributed by atoms with Gasteiger partial charge in [-0.25, -0.2) is 4.98 Å². The summed E-state index contributed by atoms with van der Waals surface area (Å²) in [6.45, 7) is 1.93. The minimum absolute atomic E-state index is 0.0711. The Kier molecular flexibility index (Phi) is 4.89. The third-order valence-electron chi connectivity index (χ3n) is 1.88. The topological polar surface area (TPSA) is 68.0 Å². The van der Waals surface area contributed by atoms with Gasteiger partial charge in [-0.3, -0.25) is 4.79 Å². The summed E-state index contributed by atoms with van der Waals surface area (Å²) < 4.78 is 0. The summed E-state index contributed by atoms with van der Waals surface area (Å²) in [5.74, 6) is 0.831. The highest BCUT2D eigenvalue weighted by atomic mass is 35.5. The van der Waals surface area contributed by atoms with Gasteiger partial charge < -0.3 is 11.1 Å². The van der Waals surface area contributed by atoms with E-state index in [4.69, 9.17) is 17.3 Å². The van der Waals surface area contributed by atoms with E-state index in [-0.39, 0.29) is 23.5 Å². The van der Waals surface area contributed by atoms with Crippen molar-refractivity contribution < 1.29 is 4.79 Å². The first kappa shape index (κ1) is 13.1. The monoisotopic (exact) mass is 259 g/mol. The molecule has 3 N–H and O–H groups in total. The molecular weight excluding hydrogens is 246 g/mol. The van der Waals surface area contributed by atoms with E-state index in [0.717, 1.165) is 5.75 Å². The molecule has 1 rings (SSSR count). The summed E-state index contributed by atoms with van der Waals surface area (Å²) in [6, 6.07) is 3.20. The van der Waals surface area contributed by atoms with Gasteiger partial charge in [0.25, 0.3) is 5.91 Å². The van der Waals surface area contributed by atoms with Crippen LogP contribution in [0.5, 0.6) is 0 Å². The maximum atomic E-state index is 11.8. The Morgan fingerprint density at radius 3 is 3.00 bits per heavy atom. The minimum Gasteiger partial charge on any atom is -0.384 e. The van der Waals surface area contributed by atoms with Crippen LogP contribution in [0.25, 0.3) is 0 Å². The van der Waals surface area contributed by atoms with Crippen LogP contribution in [0.2, 0.25) is 5.02 Å². The predicted molar refractivity (Wildman–Crippen MR) is 69.0 cm³/mol. The Bertz CT molecular complexity index is 386. The van der Waals surface area contributed by atoms with Crippen LogP contribution in [0.15, 0.2) is 12.1 Å². The lowest BCUT2D eigenvalue weighted by Gasteiger charge is -2.12. The van der Waals surface area contributed by atoms with Crippen LogP contribution in [-0.2, 0) is 0 Å². The first-order chi connectivity index (χ1) is 7.54. The van der Waals surface area contributed by atoms with Crippen molar-refractivity contribution in [3.63, 3.8) is 0 Å². The smallest absolute Gasteiger partial charge is 0.271 e. The molecule has 0 bridgehead atoms. The Morgan fingerprint density at radius 2 is 2.38 bits per heavy atom. The average molecular weight is 260 g/mol. The predicted octanol–water partition coefficient (Wildman–Crippen LogP) is 1.80. The largest absolute Gasteiger partial charge is 0.384 e. The summed E-state index contributed by atoms with van der Waals surface area (Å²) in [7, 11) is 0. The molecule has 4 nitrogen and oxygen atoms in total. The lowest BCUT2D eigenvalue weighted by atomic mass is 10.3. The van der Waals surface area contributed by atoms with Crippen molar-refractivity contribution in [2.75, 3.05) is 17.7 Å². The summed E-state index contributed by atoms with van der Waals surface area (Å²) in [4.78, 5) is 15.7. The number of carbonyl (C=O) groups excluding carboxylic acids is 1. The average Bonchev–Trinajstić information content (AvgIpc) is 2.21. The lowest BCUT2D eigenvalue weighted by molar-refractivity contribution is 0.0939. The Morgan fingerprint density at radius 1 is 1.69 bits per heavy atom. The van der Waals surface area contributed by atoms with Crippen LogP contribution in [0.1, 0.15) is 17.4 Å². The molecule has 0 fully saturated rings. The van der Waals surface area contributed by atoms with Crippen LogP contribution in [0, 0.1) is 0 Å². The molecule has 0 aliphatic carbocycles. The molecule has 6 heteroatoms.